The Hall–Kier alpha value is -2.64. The minimum absolute atomic E-state index is 0.0326. The van der Waals surface area contributed by atoms with Gasteiger partial charge in [-0.2, -0.15) is 13.2 Å². The molecule has 2 saturated heterocycles. The number of nitrogens with one attached hydrogen (secondary N) is 3. The van der Waals surface area contributed by atoms with E-state index in [4.69, 9.17) is 11.6 Å². The van der Waals surface area contributed by atoms with Gasteiger partial charge in [0.15, 0.2) is 0 Å². The van der Waals surface area contributed by atoms with Crippen LogP contribution in [0, 0.1) is 34.5 Å². The zero-order chi connectivity index (χ0) is 29.4. The Kier molecular flexibility index (Phi) is 7.02. The highest BCUT2D eigenvalue weighted by Gasteiger charge is 2.70. The largest absolute Gasteiger partial charge is 0.471 e. The van der Waals surface area contributed by atoms with Crippen LogP contribution in [0.1, 0.15) is 46.0 Å². The highest BCUT2D eigenvalue weighted by Crippen LogP contribution is 2.67. The number of nitrogens with zero attached hydrogens (tertiary/aromatic N) is 2. The van der Waals surface area contributed by atoms with Crippen molar-refractivity contribution >= 4 is 41.1 Å². The van der Waals surface area contributed by atoms with Crippen molar-refractivity contribution in [3.05, 3.63) is 0 Å². The van der Waals surface area contributed by atoms with E-state index in [-0.39, 0.29) is 48.1 Å². The van der Waals surface area contributed by atoms with Gasteiger partial charge < -0.3 is 15.5 Å². The summed E-state index contributed by atoms with van der Waals surface area (Å²) in [6, 6.07) is -2.67. The SMILES string of the molecule is CC1(C)[C@@H]2[C@@H](C(=O)NN(C[C@@H]3CCNC3=O)C(=O)[C@H](F)Cl)N(C(=O)[C@H](CC34CC(C3)C4)NC(=O)C(F)(F)F)C[C@@H]21. The molecule has 6 fully saturated rings. The molecule has 2 aliphatic heterocycles. The number of amides is 5. The van der Waals surface area contributed by atoms with Crippen LogP contribution in [0.2, 0.25) is 0 Å². The molecular formula is C25H32ClF4N5O5. The second-order valence-electron chi connectivity index (χ2n) is 12.6. The lowest BCUT2D eigenvalue weighted by molar-refractivity contribution is -0.177. The predicted octanol–water partition coefficient (Wildman–Crippen LogP) is 1.24. The summed E-state index contributed by atoms with van der Waals surface area (Å²) in [6.07, 6.45) is -2.50. The van der Waals surface area contributed by atoms with Crippen molar-refractivity contribution in [2.75, 3.05) is 19.6 Å². The molecule has 0 aromatic carbocycles. The van der Waals surface area contributed by atoms with Crippen LogP contribution >= 0.6 is 11.6 Å². The number of carbonyl (C=O) groups is 5. The van der Waals surface area contributed by atoms with Crippen molar-refractivity contribution in [1.82, 2.24) is 26.0 Å². The summed E-state index contributed by atoms with van der Waals surface area (Å²) in [5, 5.41) is 5.07. The monoisotopic (exact) mass is 593 g/mol. The Morgan fingerprint density at radius 1 is 1.20 bits per heavy atom. The Morgan fingerprint density at radius 2 is 1.85 bits per heavy atom. The lowest BCUT2D eigenvalue weighted by Crippen LogP contribution is -2.62. The summed E-state index contributed by atoms with van der Waals surface area (Å²) in [6.45, 7) is 3.84. The van der Waals surface area contributed by atoms with Crippen LogP contribution in [-0.4, -0.2) is 83.0 Å². The summed E-state index contributed by atoms with van der Waals surface area (Å²) in [5.74, 6) is -6.32. The van der Waals surface area contributed by atoms with Crippen LogP contribution in [0.4, 0.5) is 17.6 Å². The van der Waals surface area contributed by atoms with E-state index >= 15 is 0 Å². The number of likely N-dealkylation sites (tertiary alicyclic amines) is 1. The normalized spacial score (nSPS) is 34.4. The average Bonchev–Trinajstić information content (AvgIpc) is 3.16. The first-order valence-corrected chi connectivity index (χ1v) is 13.8. The predicted molar refractivity (Wildman–Crippen MR) is 130 cm³/mol. The van der Waals surface area contributed by atoms with Crippen molar-refractivity contribution in [2.24, 2.45) is 34.5 Å². The Balaban J connectivity index is 1.36. The highest BCUT2D eigenvalue weighted by molar-refractivity contribution is 6.29. The van der Waals surface area contributed by atoms with E-state index in [0.29, 0.717) is 23.9 Å². The standard InChI is InChI=1S/C25H32ClF4N5O5/c1-23(2)13-10-34(20(38)14(32-22(40)25(28,29)30)8-24-5-11(6-24)7-24)16(15(13)23)19(37)33-35(21(39)17(26)27)9-12-3-4-31-18(12)36/h11-17H,3-10H2,1-2H3,(H,31,36)(H,32,40)(H,33,37)/t11?,12-,13-,14-,15-,16-,17-,24?/m0/s1. The molecule has 5 amide bonds. The van der Waals surface area contributed by atoms with E-state index in [0.717, 1.165) is 19.3 Å². The molecule has 0 aromatic rings. The number of rotatable bonds is 8. The molecule has 6 atom stereocenters. The molecule has 40 heavy (non-hydrogen) atoms. The van der Waals surface area contributed by atoms with Gasteiger partial charge in [0.1, 0.15) is 12.1 Å². The number of halogens is 5. The number of hydrazine groups is 1. The van der Waals surface area contributed by atoms with Crippen LogP contribution in [0.5, 0.6) is 0 Å². The maximum Gasteiger partial charge on any atom is 0.471 e. The number of hydrogen-bond donors (Lipinski definition) is 3. The van der Waals surface area contributed by atoms with Crippen molar-refractivity contribution in [1.29, 1.82) is 0 Å². The van der Waals surface area contributed by atoms with Gasteiger partial charge in [0.25, 0.3) is 17.4 Å². The van der Waals surface area contributed by atoms with E-state index in [1.165, 1.54) is 4.90 Å². The molecule has 2 bridgehead atoms. The molecule has 6 rings (SSSR count). The fourth-order valence-corrected chi connectivity index (χ4v) is 7.46. The summed E-state index contributed by atoms with van der Waals surface area (Å²) >= 11 is 5.35. The smallest absolute Gasteiger partial charge is 0.356 e. The molecule has 10 nitrogen and oxygen atoms in total. The second kappa shape index (κ2) is 9.73. The molecule has 0 radical (unpaired) electrons. The molecule has 4 aliphatic carbocycles. The minimum Gasteiger partial charge on any atom is -0.356 e. The maximum atomic E-state index is 13.8. The molecule has 2 heterocycles. The third-order valence-electron chi connectivity index (χ3n) is 9.69. The quantitative estimate of drug-likeness (QED) is 0.222. The zero-order valence-corrected chi connectivity index (χ0v) is 22.8. The van der Waals surface area contributed by atoms with Crippen molar-refractivity contribution < 1.29 is 41.5 Å². The molecular weight excluding hydrogens is 562 g/mol. The fourth-order valence-electron chi connectivity index (χ4n) is 7.34. The molecule has 0 aromatic heterocycles. The van der Waals surface area contributed by atoms with Gasteiger partial charge in [0, 0.05) is 13.1 Å². The van der Waals surface area contributed by atoms with E-state index < -0.39 is 53.4 Å². The average molecular weight is 594 g/mol. The van der Waals surface area contributed by atoms with Gasteiger partial charge >= 0.3 is 12.1 Å². The van der Waals surface area contributed by atoms with Crippen molar-refractivity contribution in [3.63, 3.8) is 0 Å². The molecule has 6 aliphatic rings. The first kappa shape index (κ1) is 28.9. The second-order valence-corrected chi connectivity index (χ2v) is 13.0. The van der Waals surface area contributed by atoms with Gasteiger partial charge in [-0.05, 0) is 60.7 Å². The summed E-state index contributed by atoms with van der Waals surface area (Å²) < 4.78 is 53.2. The Morgan fingerprint density at radius 3 is 2.35 bits per heavy atom. The highest BCUT2D eigenvalue weighted by atomic mass is 35.5. The first-order valence-electron chi connectivity index (χ1n) is 13.4. The molecule has 222 valence electrons. The van der Waals surface area contributed by atoms with Crippen LogP contribution in [-0.2, 0) is 24.0 Å². The minimum atomic E-state index is -5.19. The van der Waals surface area contributed by atoms with Gasteiger partial charge in [-0.3, -0.25) is 29.4 Å². The van der Waals surface area contributed by atoms with Crippen molar-refractivity contribution in [2.45, 2.75) is 69.8 Å². The van der Waals surface area contributed by atoms with E-state index in [1.54, 1.807) is 0 Å². The number of piperidine rings is 1. The number of fused-ring (bicyclic) bond motifs is 1. The van der Waals surface area contributed by atoms with Gasteiger partial charge in [-0.1, -0.05) is 25.4 Å². The van der Waals surface area contributed by atoms with Gasteiger partial charge in [-0.25, -0.2) is 9.40 Å². The number of alkyl halides is 5. The Bertz CT molecular complexity index is 1120. The van der Waals surface area contributed by atoms with E-state index in [1.807, 2.05) is 19.2 Å². The zero-order valence-electron chi connectivity index (χ0n) is 22.0. The third kappa shape index (κ3) is 5.00. The van der Waals surface area contributed by atoms with Crippen LogP contribution in [0.25, 0.3) is 0 Å². The molecule has 0 spiro atoms. The van der Waals surface area contributed by atoms with Gasteiger partial charge in [0.05, 0.1) is 12.5 Å². The third-order valence-corrected chi connectivity index (χ3v) is 9.87. The Labute approximate surface area is 232 Å². The van der Waals surface area contributed by atoms with Gasteiger partial charge in [-0.15, -0.1) is 0 Å². The molecule has 15 heteroatoms. The van der Waals surface area contributed by atoms with E-state index in [9.17, 15) is 41.5 Å². The molecule has 4 saturated carbocycles. The lowest BCUT2D eigenvalue weighted by Gasteiger charge is -2.63. The van der Waals surface area contributed by atoms with Gasteiger partial charge in [0.2, 0.25) is 11.8 Å². The number of carbonyl (C=O) groups excluding carboxylic acids is 5. The molecule has 3 N–H and O–H groups in total. The van der Waals surface area contributed by atoms with Crippen LogP contribution in [0.3, 0.4) is 0 Å². The fraction of sp³-hybridized carbons (Fsp3) is 0.800. The molecule has 0 unspecified atom stereocenters. The van der Waals surface area contributed by atoms with Crippen LogP contribution in [0.15, 0.2) is 0 Å². The summed E-state index contributed by atoms with van der Waals surface area (Å²) in [4.78, 5) is 64.9. The number of hydrogen-bond acceptors (Lipinski definition) is 5. The first-order chi connectivity index (χ1) is 18.5. The maximum absolute atomic E-state index is 13.8. The summed E-state index contributed by atoms with van der Waals surface area (Å²) in [5.41, 5.74) is -0.862. The van der Waals surface area contributed by atoms with E-state index in [2.05, 4.69) is 10.7 Å². The van der Waals surface area contributed by atoms with Crippen LogP contribution < -0.4 is 16.1 Å². The summed E-state index contributed by atoms with van der Waals surface area (Å²) in [7, 11) is 0. The topological polar surface area (TPSA) is 128 Å². The lowest BCUT2D eigenvalue weighted by atomic mass is 9.43. The van der Waals surface area contributed by atoms with Crippen molar-refractivity contribution in [3.8, 4) is 0 Å².